The topological polar surface area (TPSA) is 91.9 Å². The number of methoxy groups -OCH3 is 2. The maximum atomic E-state index is 13.8. The number of hydrogen-bond acceptors (Lipinski definition) is 8. The standard InChI is InChI=1S/C27H24N2O5S3/c1-33-15-8-11(9-16(34-2)21(15)30)17-18-13-10-14(22(18)36-24-23(17)37-27(35)28-24)20-19(13)25(31)29(26(20)32)12-6-4-3-5-7-12/h3-9,13-14,17-20,22,30H,10H2,1-2H3,(H,28,35). The summed E-state index contributed by atoms with van der Waals surface area (Å²) in [5, 5.41) is 11.8. The van der Waals surface area contributed by atoms with Crippen molar-refractivity contribution in [2.45, 2.75) is 22.6 Å². The number of ether oxygens (including phenoxy) is 2. The molecule has 7 atom stereocenters. The summed E-state index contributed by atoms with van der Waals surface area (Å²) in [6, 6.07) is 13.0. The van der Waals surface area contributed by atoms with E-state index in [1.807, 2.05) is 42.5 Å². The van der Waals surface area contributed by atoms with Gasteiger partial charge in [-0.05, 0) is 66.2 Å². The van der Waals surface area contributed by atoms with Gasteiger partial charge in [-0.25, -0.2) is 0 Å². The van der Waals surface area contributed by atoms with Crippen LogP contribution in [-0.2, 0) is 9.59 Å². The number of nitrogens with zero attached hydrogens (tertiary/aromatic N) is 1. The molecular weight excluding hydrogens is 529 g/mol. The Bertz CT molecular complexity index is 1480. The fraction of sp³-hybridized carbons (Fsp3) is 0.370. The molecule has 2 aromatic carbocycles. The molecule has 3 fully saturated rings. The summed E-state index contributed by atoms with van der Waals surface area (Å²) in [4.78, 5) is 33.4. The van der Waals surface area contributed by atoms with Gasteiger partial charge in [0.05, 0.1) is 36.8 Å². The van der Waals surface area contributed by atoms with Gasteiger partial charge in [-0.15, -0.1) is 23.1 Å². The van der Waals surface area contributed by atoms with E-state index in [4.69, 9.17) is 21.7 Å². The molecule has 0 spiro atoms. The normalized spacial score (nSPS) is 31.3. The molecule has 3 aromatic rings. The summed E-state index contributed by atoms with van der Waals surface area (Å²) in [5.41, 5.74) is 1.60. The lowest BCUT2D eigenvalue weighted by Crippen LogP contribution is -2.42. The van der Waals surface area contributed by atoms with Crippen LogP contribution in [0.15, 0.2) is 47.5 Å². The van der Waals surface area contributed by atoms with E-state index in [0.29, 0.717) is 21.1 Å². The van der Waals surface area contributed by atoms with Crippen LogP contribution in [0, 0.1) is 33.5 Å². The predicted octanol–water partition coefficient (Wildman–Crippen LogP) is 5.21. The van der Waals surface area contributed by atoms with E-state index in [1.165, 1.54) is 19.1 Å². The molecule has 37 heavy (non-hydrogen) atoms. The van der Waals surface area contributed by atoms with Crippen molar-refractivity contribution < 1.29 is 24.2 Å². The van der Waals surface area contributed by atoms with E-state index >= 15 is 0 Å². The summed E-state index contributed by atoms with van der Waals surface area (Å²) >= 11 is 8.87. The highest BCUT2D eigenvalue weighted by Gasteiger charge is 2.69. The highest BCUT2D eigenvalue weighted by Crippen LogP contribution is 2.69. The number of benzene rings is 2. The summed E-state index contributed by atoms with van der Waals surface area (Å²) in [7, 11) is 3.04. The van der Waals surface area contributed by atoms with E-state index in [9.17, 15) is 14.7 Å². The van der Waals surface area contributed by atoms with Crippen LogP contribution in [-0.4, -0.2) is 41.4 Å². The van der Waals surface area contributed by atoms with Crippen molar-refractivity contribution in [1.29, 1.82) is 0 Å². The van der Waals surface area contributed by atoms with Crippen molar-refractivity contribution >= 4 is 52.8 Å². The average molecular weight is 553 g/mol. The molecule has 2 saturated carbocycles. The van der Waals surface area contributed by atoms with Gasteiger partial charge in [0, 0.05) is 16.0 Å². The summed E-state index contributed by atoms with van der Waals surface area (Å²) in [5.74, 6) is 0.123. The number of amides is 2. The number of imide groups is 1. The second-order valence-corrected chi connectivity index (χ2v) is 13.0. The number of aromatic amines is 1. The summed E-state index contributed by atoms with van der Waals surface area (Å²) in [6.45, 7) is 0. The number of hydrogen-bond donors (Lipinski definition) is 2. The third-order valence-corrected chi connectivity index (χ3v) is 11.5. The van der Waals surface area contributed by atoms with Crippen LogP contribution in [0.3, 0.4) is 0 Å². The minimum atomic E-state index is -0.323. The number of thiazole rings is 1. The number of rotatable bonds is 4. The van der Waals surface area contributed by atoms with Crippen LogP contribution < -0.4 is 14.4 Å². The average Bonchev–Trinajstić information content (AvgIpc) is 3.63. The fourth-order valence-electron chi connectivity index (χ4n) is 7.31. The van der Waals surface area contributed by atoms with Crippen molar-refractivity contribution in [2.75, 3.05) is 19.1 Å². The molecule has 7 rings (SSSR count). The number of carbonyl (C=O) groups excluding carboxylic acids is 2. The number of phenols is 1. The van der Waals surface area contributed by atoms with Crippen LogP contribution in [0.25, 0.3) is 0 Å². The number of thioether (sulfide) groups is 1. The van der Waals surface area contributed by atoms with E-state index < -0.39 is 0 Å². The Balaban J connectivity index is 1.36. The van der Waals surface area contributed by atoms with Gasteiger partial charge in [-0.3, -0.25) is 14.5 Å². The number of anilines is 1. The summed E-state index contributed by atoms with van der Waals surface area (Å²) in [6.07, 6.45) is 0.857. The minimum Gasteiger partial charge on any atom is -0.502 e. The lowest BCUT2D eigenvalue weighted by atomic mass is 9.68. The van der Waals surface area contributed by atoms with E-state index in [-0.39, 0.29) is 58.3 Å². The number of phenolic OH excluding ortho intramolecular Hbond substituents is 1. The zero-order valence-electron chi connectivity index (χ0n) is 20.0. The zero-order chi connectivity index (χ0) is 25.6. The molecule has 7 nitrogen and oxygen atoms in total. The first kappa shape index (κ1) is 23.3. The van der Waals surface area contributed by atoms with E-state index in [2.05, 4.69) is 4.98 Å². The molecule has 1 aromatic heterocycles. The van der Waals surface area contributed by atoms with Gasteiger partial charge in [0.2, 0.25) is 17.6 Å². The monoisotopic (exact) mass is 552 g/mol. The molecular formula is C27H24N2O5S3. The molecule has 7 unspecified atom stereocenters. The van der Waals surface area contributed by atoms with Crippen molar-refractivity contribution in [3.63, 3.8) is 0 Å². The Morgan fingerprint density at radius 2 is 1.68 bits per heavy atom. The fourth-order valence-corrected chi connectivity index (χ4v) is 10.6. The predicted molar refractivity (Wildman–Crippen MR) is 143 cm³/mol. The van der Waals surface area contributed by atoms with Crippen LogP contribution in [0.2, 0.25) is 0 Å². The quantitative estimate of drug-likeness (QED) is 0.339. The molecule has 2 aliphatic carbocycles. The number of carbonyl (C=O) groups is 2. The number of para-hydroxylation sites is 1. The Hall–Kier alpha value is -2.82. The summed E-state index contributed by atoms with van der Waals surface area (Å²) < 4.78 is 11.7. The molecule has 2 bridgehead atoms. The van der Waals surface area contributed by atoms with Gasteiger partial charge in [-0.2, -0.15) is 0 Å². The third-order valence-electron chi connectivity index (χ3n) is 8.60. The SMILES string of the molecule is COc1cc(C2c3sc(=S)[nH]c3SC3C4CC(C5C(=O)N(c6ccccc6)C(=O)C45)C23)cc(OC)c1O. The lowest BCUT2D eigenvalue weighted by molar-refractivity contribution is -0.123. The number of fused-ring (bicyclic) bond motifs is 9. The lowest BCUT2D eigenvalue weighted by Gasteiger charge is -2.43. The minimum absolute atomic E-state index is 0.0412. The molecule has 1 saturated heterocycles. The highest BCUT2D eigenvalue weighted by molar-refractivity contribution is 8.00. The van der Waals surface area contributed by atoms with Crippen LogP contribution in [0.5, 0.6) is 17.2 Å². The van der Waals surface area contributed by atoms with Gasteiger partial charge in [0.1, 0.15) is 0 Å². The molecule has 10 heteroatoms. The second-order valence-electron chi connectivity index (χ2n) is 10.1. The van der Waals surface area contributed by atoms with Gasteiger partial charge in [0.15, 0.2) is 15.5 Å². The van der Waals surface area contributed by atoms with Crippen molar-refractivity contribution in [3.8, 4) is 17.2 Å². The largest absolute Gasteiger partial charge is 0.502 e. The Morgan fingerprint density at radius 3 is 2.32 bits per heavy atom. The molecule has 0 radical (unpaired) electrons. The maximum absolute atomic E-state index is 13.8. The Labute approximate surface area is 226 Å². The molecule has 4 aliphatic rings. The van der Waals surface area contributed by atoms with Gasteiger partial charge < -0.3 is 19.6 Å². The van der Waals surface area contributed by atoms with Gasteiger partial charge in [0.25, 0.3) is 0 Å². The molecule has 190 valence electrons. The van der Waals surface area contributed by atoms with Crippen molar-refractivity contribution in [1.82, 2.24) is 4.98 Å². The molecule has 3 heterocycles. The number of aromatic hydroxyl groups is 1. The first-order chi connectivity index (χ1) is 17.9. The van der Waals surface area contributed by atoms with Gasteiger partial charge >= 0.3 is 0 Å². The first-order valence-corrected chi connectivity index (χ1v) is 14.3. The maximum Gasteiger partial charge on any atom is 0.238 e. The first-order valence-electron chi connectivity index (χ1n) is 12.2. The van der Waals surface area contributed by atoms with Crippen molar-refractivity contribution in [3.05, 3.63) is 56.9 Å². The Kier molecular flexibility index (Phi) is 5.25. The zero-order valence-corrected chi connectivity index (χ0v) is 22.5. The highest BCUT2D eigenvalue weighted by atomic mass is 32.2. The number of aromatic nitrogens is 1. The third kappa shape index (κ3) is 3.15. The second kappa shape index (κ2) is 8.34. The smallest absolute Gasteiger partial charge is 0.238 e. The van der Waals surface area contributed by atoms with Crippen LogP contribution in [0.4, 0.5) is 5.69 Å². The van der Waals surface area contributed by atoms with Crippen LogP contribution in [0.1, 0.15) is 22.8 Å². The van der Waals surface area contributed by atoms with Crippen molar-refractivity contribution in [2.24, 2.45) is 29.6 Å². The number of nitrogens with one attached hydrogen (secondary N) is 1. The Morgan fingerprint density at radius 1 is 1.03 bits per heavy atom. The van der Waals surface area contributed by atoms with E-state index in [1.54, 1.807) is 23.1 Å². The van der Waals surface area contributed by atoms with E-state index in [0.717, 1.165) is 21.9 Å². The van der Waals surface area contributed by atoms with Gasteiger partial charge in [-0.1, -0.05) is 18.2 Å². The molecule has 2 aliphatic heterocycles. The van der Waals surface area contributed by atoms with Crippen LogP contribution >= 0.6 is 35.3 Å². The molecule has 2 N–H and O–H groups in total. The molecule has 2 amide bonds. The number of H-pyrrole nitrogens is 1.